The zero-order valence-corrected chi connectivity index (χ0v) is 12.1. The van der Waals surface area contributed by atoms with Crippen LogP contribution in [0.25, 0.3) is 5.43 Å². The maximum Gasteiger partial charge on any atom is 2.00 e. The zero-order valence-electron chi connectivity index (χ0n) is 11.1. The molecule has 2 aromatic rings. The predicted molar refractivity (Wildman–Crippen MR) is 77.3 cm³/mol. The molecule has 3 N–H and O–H groups in total. The summed E-state index contributed by atoms with van der Waals surface area (Å²) in [5.74, 6) is 0.465. The average molecular weight is 331 g/mol. The molecule has 21 heavy (non-hydrogen) atoms. The van der Waals surface area contributed by atoms with E-state index < -0.39 is 0 Å². The number of aromatic nitrogens is 1. The van der Waals surface area contributed by atoms with Crippen LogP contribution in [0.2, 0.25) is 0 Å². The zero-order chi connectivity index (χ0) is 14.4. The van der Waals surface area contributed by atoms with Gasteiger partial charge in [-0.25, -0.2) is 0 Å². The Labute approximate surface area is 131 Å². The second kappa shape index (κ2) is 8.02. The third kappa shape index (κ3) is 4.29. The quantitative estimate of drug-likeness (QED) is 0.370. The molecule has 0 spiro atoms. The Bertz CT molecular complexity index is 633. The van der Waals surface area contributed by atoms with Gasteiger partial charge < -0.3 is 20.4 Å². The van der Waals surface area contributed by atoms with Crippen LogP contribution in [0.3, 0.4) is 0 Å². The van der Waals surface area contributed by atoms with Gasteiger partial charge in [0.15, 0.2) is 0 Å². The summed E-state index contributed by atoms with van der Waals surface area (Å²) in [6.07, 6.45) is 4.49. The molecule has 110 valence electrons. The summed E-state index contributed by atoms with van der Waals surface area (Å²) in [5, 5.41) is 11.6. The van der Waals surface area contributed by atoms with Crippen LogP contribution < -0.4 is 4.74 Å². The number of pyridine rings is 1. The smallest absolute Gasteiger partial charge is 0.590 e. The van der Waals surface area contributed by atoms with Gasteiger partial charge in [-0.05, 0) is 24.3 Å². The Balaban J connectivity index is 0.00000220. The van der Waals surface area contributed by atoms with Crippen molar-refractivity contribution in [3.63, 3.8) is 0 Å². The van der Waals surface area contributed by atoms with Gasteiger partial charge in [0.1, 0.15) is 0 Å². The van der Waals surface area contributed by atoms with Crippen molar-refractivity contribution < 1.29 is 31.1 Å². The molecule has 2 rings (SSSR count). The van der Waals surface area contributed by atoms with Gasteiger partial charge in [0, 0.05) is 18.6 Å². The SMILES string of the molecule is COc1cccc(C=N[N-]C(=[OH+])c2ccncc2)c1[OH2+].[Ni+2]. The molecule has 0 atom stereocenters. The molecule has 0 saturated heterocycles. The number of methoxy groups -OCH3 is 1. The van der Waals surface area contributed by atoms with E-state index in [1.807, 2.05) is 0 Å². The van der Waals surface area contributed by atoms with E-state index in [0.717, 1.165) is 0 Å². The molecular weight excluding hydrogens is 317 g/mol. The molecule has 1 aromatic carbocycles. The number of nitrogens with zero attached hydrogens (tertiary/aromatic N) is 3. The second-order valence-electron chi connectivity index (χ2n) is 3.83. The minimum Gasteiger partial charge on any atom is -0.590 e. The third-order valence-electron chi connectivity index (χ3n) is 2.57. The average Bonchev–Trinajstić information content (AvgIpc) is 2.49. The Kier molecular flexibility index (Phi) is 6.36. The van der Waals surface area contributed by atoms with Crippen LogP contribution in [-0.4, -0.2) is 34.1 Å². The molecule has 0 radical (unpaired) electrons. The van der Waals surface area contributed by atoms with Gasteiger partial charge in [-0.15, -0.1) is 0 Å². The topological polar surface area (TPSA) is 92.9 Å². The first-order valence-corrected chi connectivity index (χ1v) is 5.81. The second-order valence-corrected chi connectivity index (χ2v) is 3.83. The number of hydrogen-bond acceptors (Lipinski definition) is 3. The van der Waals surface area contributed by atoms with E-state index >= 15 is 0 Å². The van der Waals surface area contributed by atoms with Gasteiger partial charge >= 0.3 is 22.2 Å². The molecular formula is C14H14N3NiO3+3. The minimum atomic E-state index is -0.210. The standard InChI is InChI=1S/C14H13N3O3.Ni/c1-20-12-4-2-3-11(13(12)18)9-16-17-14(19)10-5-7-15-8-6-10;/h2-9H,1H3,(H2,15,16,17,18,19);/q;+2/p+1. The number of rotatable bonds is 4. The van der Waals surface area contributed by atoms with Crippen LogP contribution in [0.5, 0.6) is 11.5 Å². The van der Waals surface area contributed by atoms with Crippen LogP contribution in [0.1, 0.15) is 11.1 Å². The molecule has 1 aromatic heterocycles. The minimum absolute atomic E-state index is 0. The van der Waals surface area contributed by atoms with E-state index in [0.29, 0.717) is 16.9 Å². The first kappa shape index (κ1) is 16.7. The van der Waals surface area contributed by atoms with Gasteiger partial charge in [0.25, 0.3) is 5.91 Å². The fourth-order valence-corrected chi connectivity index (χ4v) is 1.53. The molecule has 1 heterocycles. The third-order valence-corrected chi connectivity index (χ3v) is 2.57. The molecule has 0 fully saturated rings. The number of ether oxygens (including phenoxy) is 1. The van der Waals surface area contributed by atoms with Crippen LogP contribution >= 0.6 is 0 Å². The van der Waals surface area contributed by atoms with Crippen LogP contribution in [-0.2, 0) is 16.5 Å². The van der Waals surface area contributed by atoms with Crippen molar-refractivity contribution in [3.05, 3.63) is 59.3 Å². The molecule has 0 unspecified atom stereocenters. The normalized spacial score (nSPS) is 9.95. The van der Waals surface area contributed by atoms with Crippen molar-refractivity contribution in [2.45, 2.75) is 0 Å². The van der Waals surface area contributed by atoms with E-state index in [1.165, 1.54) is 13.3 Å². The van der Waals surface area contributed by atoms with Gasteiger partial charge in [0.2, 0.25) is 5.75 Å². The first-order chi connectivity index (χ1) is 9.72. The van der Waals surface area contributed by atoms with Crippen LogP contribution in [0.4, 0.5) is 0 Å². The van der Waals surface area contributed by atoms with Gasteiger partial charge in [-0.1, -0.05) is 6.07 Å². The van der Waals surface area contributed by atoms with E-state index in [4.69, 9.17) is 9.84 Å². The molecule has 0 bridgehead atoms. The summed E-state index contributed by atoms with van der Waals surface area (Å²) in [7, 11) is 1.50. The summed E-state index contributed by atoms with van der Waals surface area (Å²) < 4.78 is 5.04. The Morgan fingerprint density at radius 3 is 2.71 bits per heavy atom. The number of para-hydroxylation sites is 1. The number of benzene rings is 1. The molecule has 0 saturated carbocycles. The number of amides is 1. The summed E-state index contributed by atoms with van der Waals surface area (Å²) in [6.45, 7) is 0. The van der Waals surface area contributed by atoms with Crippen LogP contribution in [0, 0.1) is 0 Å². The Hall–Kier alpha value is -2.40. The van der Waals surface area contributed by atoms with Crippen molar-refractivity contribution in [3.8, 4) is 11.5 Å². The maximum absolute atomic E-state index is 9.71. The van der Waals surface area contributed by atoms with E-state index in [2.05, 4.69) is 15.5 Å². The summed E-state index contributed by atoms with van der Waals surface area (Å²) in [6, 6.07) is 8.40. The maximum atomic E-state index is 9.71. The van der Waals surface area contributed by atoms with Crippen LogP contribution in [0.15, 0.2) is 47.8 Å². The van der Waals surface area contributed by atoms with Crippen molar-refractivity contribution in [1.29, 1.82) is 0 Å². The Morgan fingerprint density at radius 1 is 1.33 bits per heavy atom. The summed E-state index contributed by atoms with van der Waals surface area (Å²) >= 11 is 0. The number of hydrogen-bond donors (Lipinski definition) is 0. The Morgan fingerprint density at radius 2 is 2.05 bits per heavy atom. The van der Waals surface area contributed by atoms with E-state index in [-0.39, 0.29) is 28.1 Å². The number of carbonyl (C=O) groups excluding carboxylic acids is 1. The molecule has 0 aliphatic rings. The van der Waals surface area contributed by atoms with Gasteiger partial charge in [-0.2, -0.15) is 0 Å². The van der Waals surface area contributed by atoms with Crippen molar-refractivity contribution in [2.75, 3.05) is 7.11 Å². The summed E-state index contributed by atoms with van der Waals surface area (Å²) in [4.78, 5) is 13.5. The fraction of sp³-hybridized carbons (Fsp3) is 0.0714. The molecule has 6 nitrogen and oxygen atoms in total. The first-order valence-electron chi connectivity index (χ1n) is 5.81. The van der Waals surface area contributed by atoms with Crippen molar-refractivity contribution >= 4 is 12.1 Å². The van der Waals surface area contributed by atoms with Gasteiger partial charge in [0.05, 0.1) is 18.2 Å². The van der Waals surface area contributed by atoms with E-state index in [9.17, 15) is 4.79 Å². The largest absolute Gasteiger partial charge is 2.00 e. The van der Waals surface area contributed by atoms with E-state index in [1.54, 1.807) is 42.7 Å². The van der Waals surface area contributed by atoms with Gasteiger partial charge in [-0.3, -0.25) is 9.78 Å². The predicted octanol–water partition coefficient (Wildman–Crippen LogP) is 1.78. The van der Waals surface area contributed by atoms with Crippen molar-refractivity contribution in [2.24, 2.45) is 5.10 Å². The molecule has 0 aliphatic carbocycles. The molecule has 0 aliphatic heterocycles. The van der Waals surface area contributed by atoms with Crippen molar-refractivity contribution in [1.82, 2.24) is 4.98 Å². The monoisotopic (exact) mass is 330 g/mol. The molecule has 7 heteroatoms. The summed E-state index contributed by atoms with van der Waals surface area (Å²) in [5.41, 5.74) is 4.75. The fourth-order valence-electron chi connectivity index (χ4n) is 1.53. The molecule has 1 amide bonds.